The summed E-state index contributed by atoms with van der Waals surface area (Å²) >= 11 is 0. The lowest BCUT2D eigenvalue weighted by atomic mass is 10.1. The quantitative estimate of drug-likeness (QED) is 0.780. The Labute approximate surface area is 128 Å². The summed E-state index contributed by atoms with van der Waals surface area (Å²) in [6, 6.07) is 15.6. The Balaban J connectivity index is 1.61. The van der Waals surface area contributed by atoms with Gasteiger partial charge in [0.05, 0.1) is 5.69 Å². The van der Waals surface area contributed by atoms with Crippen molar-refractivity contribution in [3.8, 4) is 0 Å². The molecule has 0 bridgehead atoms. The van der Waals surface area contributed by atoms with Crippen molar-refractivity contribution in [1.29, 1.82) is 0 Å². The molecule has 2 aromatic carbocycles. The van der Waals surface area contributed by atoms with Crippen LogP contribution in [0.2, 0.25) is 0 Å². The van der Waals surface area contributed by atoms with E-state index in [4.69, 9.17) is 0 Å². The summed E-state index contributed by atoms with van der Waals surface area (Å²) in [7, 11) is 0. The Morgan fingerprint density at radius 3 is 2.77 bits per heavy atom. The minimum Gasteiger partial charge on any atom is -0.378 e. The van der Waals surface area contributed by atoms with Gasteiger partial charge in [-0.2, -0.15) is 0 Å². The number of hydrogen-bond donors (Lipinski definition) is 2. The van der Waals surface area contributed by atoms with Gasteiger partial charge < -0.3 is 15.0 Å². The fraction of sp³-hybridized carbons (Fsp3) is 0.167. The van der Waals surface area contributed by atoms with Crippen LogP contribution in [-0.4, -0.2) is 22.5 Å². The molecule has 0 fully saturated rings. The normalized spacial score (nSPS) is 17.2. The molecule has 3 aromatic rings. The molecule has 4 nitrogen and oxygen atoms in total. The van der Waals surface area contributed by atoms with E-state index in [1.165, 1.54) is 10.9 Å². The highest BCUT2D eigenvalue weighted by Crippen LogP contribution is 2.35. The third kappa shape index (κ3) is 1.92. The maximum atomic E-state index is 12.3. The summed E-state index contributed by atoms with van der Waals surface area (Å²) in [6.07, 6.45) is 1.71. The number of benzene rings is 2. The smallest absolute Gasteiger partial charge is 0.260 e. The Bertz CT molecular complexity index is 853. The zero-order chi connectivity index (χ0) is 15.1. The van der Waals surface area contributed by atoms with E-state index in [1.807, 2.05) is 48.7 Å². The van der Waals surface area contributed by atoms with E-state index in [-0.39, 0.29) is 5.91 Å². The lowest BCUT2D eigenvalue weighted by Gasteiger charge is -2.17. The fourth-order valence-corrected chi connectivity index (χ4v) is 3.17. The molecule has 1 aliphatic rings. The average Bonchev–Trinajstić information content (AvgIpc) is 3.07. The van der Waals surface area contributed by atoms with Crippen molar-refractivity contribution in [2.45, 2.75) is 12.5 Å². The number of fused-ring (bicyclic) bond motifs is 2. The highest BCUT2D eigenvalue weighted by molar-refractivity contribution is 6.03. The summed E-state index contributed by atoms with van der Waals surface area (Å²) in [6.45, 7) is 0.564. The first-order valence-electron chi connectivity index (χ1n) is 7.39. The molecule has 0 spiro atoms. The van der Waals surface area contributed by atoms with Crippen LogP contribution in [0.3, 0.4) is 0 Å². The van der Waals surface area contributed by atoms with Crippen molar-refractivity contribution in [1.82, 2.24) is 4.98 Å². The van der Waals surface area contributed by atoms with Crippen molar-refractivity contribution in [2.75, 3.05) is 11.4 Å². The molecule has 0 saturated carbocycles. The Morgan fingerprint density at radius 2 is 1.86 bits per heavy atom. The molecule has 4 heteroatoms. The number of aliphatic hydroxyl groups is 1. The van der Waals surface area contributed by atoms with E-state index < -0.39 is 6.10 Å². The first kappa shape index (κ1) is 13.1. The summed E-state index contributed by atoms with van der Waals surface area (Å²) in [4.78, 5) is 17.2. The zero-order valence-corrected chi connectivity index (χ0v) is 12.0. The maximum absolute atomic E-state index is 12.3. The summed E-state index contributed by atoms with van der Waals surface area (Å²) in [5, 5.41) is 11.2. The molecule has 22 heavy (non-hydrogen) atoms. The molecule has 4 rings (SSSR count). The summed E-state index contributed by atoms with van der Waals surface area (Å²) < 4.78 is 0. The molecule has 2 heterocycles. The average molecular weight is 292 g/mol. The van der Waals surface area contributed by atoms with Crippen LogP contribution in [0.4, 0.5) is 5.69 Å². The van der Waals surface area contributed by atoms with Gasteiger partial charge in [0, 0.05) is 29.2 Å². The number of hydrogen-bond acceptors (Lipinski definition) is 2. The molecule has 0 saturated heterocycles. The highest BCUT2D eigenvalue weighted by Gasteiger charge is 2.35. The molecule has 0 aliphatic carbocycles. The number of aromatic amines is 1. The number of nitrogens with one attached hydrogen (secondary N) is 1. The van der Waals surface area contributed by atoms with Crippen molar-refractivity contribution >= 4 is 22.5 Å². The van der Waals surface area contributed by atoms with Crippen molar-refractivity contribution in [3.63, 3.8) is 0 Å². The van der Waals surface area contributed by atoms with Crippen LogP contribution >= 0.6 is 0 Å². The second-order valence-corrected chi connectivity index (χ2v) is 5.56. The molecule has 1 atom stereocenters. The van der Waals surface area contributed by atoms with Crippen LogP contribution in [0.25, 0.3) is 10.9 Å². The van der Waals surface area contributed by atoms with E-state index in [0.29, 0.717) is 12.1 Å². The van der Waals surface area contributed by atoms with E-state index in [1.54, 1.807) is 4.90 Å². The van der Waals surface area contributed by atoms with Crippen LogP contribution in [0, 0.1) is 0 Å². The minimum atomic E-state index is -1.03. The SMILES string of the molecule is O=C1C(O)c2ccccc2N1CCc1c[nH]c2ccccc12. The van der Waals surface area contributed by atoms with Gasteiger partial charge in [0.1, 0.15) is 0 Å². The first-order valence-corrected chi connectivity index (χ1v) is 7.39. The van der Waals surface area contributed by atoms with E-state index in [9.17, 15) is 9.90 Å². The van der Waals surface area contributed by atoms with Crippen LogP contribution in [0.5, 0.6) is 0 Å². The molecule has 1 aliphatic heterocycles. The van der Waals surface area contributed by atoms with E-state index >= 15 is 0 Å². The van der Waals surface area contributed by atoms with E-state index in [0.717, 1.165) is 17.6 Å². The molecule has 1 amide bonds. The van der Waals surface area contributed by atoms with Gasteiger partial charge >= 0.3 is 0 Å². The van der Waals surface area contributed by atoms with Crippen LogP contribution in [0.1, 0.15) is 17.2 Å². The minimum absolute atomic E-state index is 0.235. The second-order valence-electron chi connectivity index (χ2n) is 5.56. The number of carbonyl (C=O) groups excluding carboxylic acids is 1. The largest absolute Gasteiger partial charge is 0.378 e. The number of carbonyl (C=O) groups is 1. The summed E-state index contributed by atoms with van der Waals surface area (Å²) in [5.74, 6) is -0.235. The number of rotatable bonds is 3. The number of para-hydroxylation sites is 2. The molecule has 2 N–H and O–H groups in total. The Kier molecular flexibility index (Phi) is 2.98. The van der Waals surface area contributed by atoms with Crippen LogP contribution in [0.15, 0.2) is 54.7 Å². The monoisotopic (exact) mass is 292 g/mol. The van der Waals surface area contributed by atoms with Crippen molar-refractivity contribution < 1.29 is 9.90 Å². The van der Waals surface area contributed by atoms with Crippen LogP contribution < -0.4 is 4.90 Å². The van der Waals surface area contributed by atoms with Gasteiger partial charge in [-0.3, -0.25) is 4.79 Å². The fourth-order valence-electron chi connectivity index (χ4n) is 3.17. The topological polar surface area (TPSA) is 56.3 Å². The first-order chi connectivity index (χ1) is 10.8. The number of H-pyrrole nitrogens is 1. The van der Waals surface area contributed by atoms with Gasteiger partial charge in [0.15, 0.2) is 6.10 Å². The third-order valence-electron chi connectivity index (χ3n) is 4.30. The Hall–Kier alpha value is -2.59. The van der Waals surface area contributed by atoms with Gasteiger partial charge in [-0.25, -0.2) is 0 Å². The molecule has 1 aromatic heterocycles. The number of aliphatic hydroxyl groups excluding tert-OH is 1. The van der Waals surface area contributed by atoms with E-state index in [2.05, 4.69) is 11.1 Å². The number of anilines is 1. The number of amides is 1. The van der Waals surface area contributed by atoms with Gasteiger partial charge in [0.2, 0.25) is 0 Å². The zero-order valence-electron chi connectivity index (χ0n) is 12.0. The lowest BCUT2D eigenvalue weighted by molar-refractivity contribution is -0.125. The van der Waals surface area contributed by atoms with Gasteiger partial charge in [-0.05, 0) is 24.1 Å². The molecule has 0 radical (unpaired) electrons. The number of aromatic nitrogens is 1. The lowest BCUT2D eigenvalue weighted by Crippen LogP contribution is -2.30. The highest BCUT2D eigenvalue weighted by atomic mass is 16.3. The third-order valence-corrected chi connectivity index (χ3v) is 4.30. The van der Waals surface area contributed by atoms with Crippen molar-refractivity contribution in [2.24, 2.45) is 0 Å². The molecular weight excluding hydrogens is 276 g/mol. The Morgan fingerprint density at radius 1 is 1.09 bits per heavy atom. The predicted molar refractivity (Wildman–Crippen MR) is 85.8 cm³/mol. The molecule has 110 valence electrons. The maximum Gasteiger partial charge on any atom is 0.260 e. The molecular formula is C18H16N2O2. The number of nitrogens with zero attached hydrogens (tertiary/aromatic N) is 1. The second kappa shape index (κ2) is 5.00. The van der Waals surface area contributed by atoms with Crippen LogP contribution in [-0.2, 0) is 11.2 Å². The standard InChI is InChI=1S/C18H16N2O2/c21-17-14-6-2-4-8-16(14)20(18(17)22)10-9-12-11-19-15-7-3-1-5-13(12)15/h1-8,11,17,19,21H,9-10H2. The van der Waals surface area contributed by atoms with Gasteiger partial charge in [-0.1, -0.05) is 36.4 Å². The van der Waals surface area contributed by atoms with Crippen molar-refractivity contribution in [3.05, 3.63) is 65.9 Å². The van der Waals surface area contributed by atoms with Gasteiger partial charge in [-0.15, -0.1) is 0 Å². The molecule has 1 unspecified atom stereocenters. The summed E-state index contributed by atoms with van der Waals surface area (Å²) in [5.41, 5.74) is 3.80. The van der Waals surface area contributed by atoms with Gasteiger partial charge in [0.25, 0.3) is 5.91 Å². The predicted octanol–water partition coefficient (Wildman–Crippen LogP) is 2.79.